The Kier molecular flexibility index (Phi) is 64.3. The van der Waals surface area contributed by atoms with Crippen LogP contribution in [0.5, 0.6) is 0 Å². The van der Waals surface area contributed by atoms with Crippen molar-refractivity contribution in [2.24, 2.45) is 0 Å². The average molecular weight is 1200 g/mol. The summed E-state index contributed by atoms with van der Waals surface area (Å²) >= 11 is 0. The van der Waals surface area contributed by atoms with Crippen molar-refractivity contribution in [3.8, 4) is 0 Å². The minimum atomic E-state index is -4.64. The summed E-state index contributed by atoms with van der Waals surface area (Å²) in [5.74, 6) is -0.815. The zero-order valence-corrected chi connectivity index (χ0v) is 57.5. The first kappa shape index (κ1) is 82.2. The smallest absolute Gasteiger partial charge is 0.306 e. The molecule has 0 saturated carbocycles. The second-order valence-electron chi connectivity index (χ2n) is 26.3. The van der Waals surface area contributed by atoms with Crippen LogP contribution in [0.25, 0.3) is 0 Å². The van der Waals surface area contributed by atoms with E-state index in [0.29, 0.717) is 17.4 Å². The van der Waals surface area contributed by atoms with E-state index in [4.69, 9.17) is 18.5 Å². The van der Waals surface area contributed by atoms with Crippen LogP contribution in [0.3, 0.4) is 0 Å². The van der Waals surface area contributed by atoms with E-state index < -0.39 is 26.5 Å². The molecule has 0 aliphatic carbocycles. The molecule has 0 heterocycles. The highest BCUT2D eigenvalue weighted by atomic mass is 31.2. The summed E-state index contributed by atoms with van der Waals surface area (Å²) in [6, 6.07) is 0. The average Bonchev–Trinajstić information content (AvgIpc) is 3.61. The van der Waals surface area contributed by atoms with Crippen LogP contribution in [0, 0.1) is 0 Å². The van der Waals surface area contributed by atoms with Gasteiger partial charge in [0.2, 0.25) is 0 Å². The van der Waals surface area contributed by atoms with Crippen LogP contribution < -0.4 is 4.89 Å². The Hall–Kier alpha value is -1.77. The number of hydrogen-bond donors (Lipinski definition) is 0. The maximum absolute atomic E-state index is 12.9. The molecule has 0 amide bonds. The predicted octanol–water partition coefficient (Wildman–Crippen LogP) is 23.2. The van der Waals surface area contributed by atoms with Crippen LogP contribution in [0.2, 0.25) is 0 Å². The highest BCUT2D eigenvalue weighted by Gasteiger charge is 2.22. The molecule has 0 bridgehead atoms. The number of rotatable bonds is 69. The maximum atomic E-state index is 12.9. The normalized spacial score (nSPS) is 13.3. The lowest BCUT2D eigenvalue weighted by Crippen LogP contribution is -2.37. The number of quaternary nitrogens is 1. The SMILES string of the molecule is CCCCCCC/C=C\C/C=C\C/C=C\CCCCCCCCCCCCCCC(=O)OC(COC(=O)CCCCCCCCCCCCCCCCCCCCCCCCCCCCCCCCCCC)COP(=O)([O-])OCC[N+](C)(C)C. The van der Waals surface area contributed by atoms with Crippen LogP contribution in [-0.4, -0.2) is 70.0 Å². The van der Waals surface area contributed by atoms with Gasteiger partial charge in [0, 0.05) is 12.8 Å². The third kappa shape index (κ3) is 69.3. The Morgan fingerprint density at radius 3 is 0.952 bits per heavy atom. The van der Waals surface area contributed by atoms with Gasteiger partial charge in [-0.15, -0.1) is 0 Å². The van der Waals surface area contributed by atoms with Gasteiger partial charge in [0.15, 0.2) is 6.10 Å². The zero-order chi connectivity index (χ0) is 61.2. The number of nitrogens with zero attached hydrogens (tertiary/aromatic N) is 1. The van der Waals surface area contributed by atoms with Gasteiger partial charge in [-0.2, -0.15) is 0 Å². The monoisotopic (exact) mass is 1200 g/mol. The lowest BCUT2D eigenvalue weighted by atomic mass is 10.0. The van der Waals surface area contributed by atoms with E-state index in [0.717, 1.165) is 51.4 Å². The summed E-state index contributed by atoms with van der Waals surface area (Å²) in [6.07, 6.45) is 83.9. The minimum Gasteiger partial charge on any atom is -0.756 e. The molecule has 2 atom stereocenters. The van der Waals surface area contributed by atoms with Crippen molar-refractivity contribution in [2.45, 2.75) is 380 Å². The number of esters is 2. The molecule has 0 N–H and O–H groups in total. The Bertz CT molecular complexity index is 1510. The molecule has 0 radical (unpaired) electrons. The molecule has 0 saturated heterocycles. The van der Waals surface area contributed by atoms with Crippen LogP contribution in [0.15, 0.2) is 36.5 Å². The fourth-order valence-corrected chi connectivity index (χ4v) is 11.8. The zero-order valence-electron chi connectivity index (χ0n) is 56.6. The number of ether oxygens (including phenoxy) is 2. The van der Waals surface area contributed by atoms with Crippen LogP contribution >= 0.6 is 7.82 Å². The molecule has 84 heavy (non-hydrogen) atoms. The van der Waals surface area contributed by atoms with Crippen molar-refractivity contribution in [1.29, 1.82) is 0 Å². The molecule has 0 fully saturated rings. The van der Waals surface area contributed by atoms with E-state index in [-0.39, 0.29) is 32.0 Å². The number of likely N-dealkylation sites (N-methyl/N-ethyl adjacent to an activating group) is 1. The molecule has 0 aromatic heterocycles. The Morgan fingerprint density at radius 1 is 0.369 bits per heavy atom. The molecule has 0 aromatic carbocycles. The largest absolute Gasteiger partial charge is 0.756 e. The molecule has 2 unspecified atom stereocenters. The van der Waals surface area contributed by atoms with Crippen molar-refractivity contribution in [3.63, 3.8) is 0 Å². The molecule has 9 nitrogen and oxygen atoms in total. The molecule has 496 valence electrons. The lowest BCUT2D eigenvalue weighted by molar-refractivity contribution is -0.870. The molecule has 0 aliphatic heterocycles. The minimum absolute atomic E-state index is 0.0291. The number of carbonyl (C=O) groups excluding carboxylic acids is 2. The summed E-state index contributed by atoms with van der Waals surface area (Å²) < 4.78 is 34.4. The fourth-order valence-electron chi connectivity index (χ4n) is 11.0. The van der Waals surface area contributed by atoms with Gasteiger partial charge in [0.05, 0.1) is 27.7 Å². The van der Waals surface area contributed by atoms with Crippen LogP contribution in [0.4, 0.5) is 0 Å². The van der Waals surface area contributed by atoms with Gasteiger partial charge in [-0.25, -0.2) is 0 Å². The first-order chi connectivity index (χ1) is 41.0. The van der Waals surface area contributed by atoms with Gasteiger partial charge < -0.3 is 27.9 Å². The maximum Gasteiger partial charge on any atom is 0.306 e. The number of allylic oxidation sites excluding steroid dienone is 6. The molecule has 10 heteroatoms. The van der Waals surface area contributed by atoms with Crippen LogP contribution in [0.1, 0.15) is 373 Å². The third-order valence-corrected chi connectivity index (χ3v) is 17.6. The predicted molar refractivity (Wildman–Crippen MR) is 361 cm³/mol. The number of unbranched alkanes of at least 4 members (excludes halogenated alkanes) is 49. The molecular formula is C74H142NO8P. The standard InChI is InChI=1S/C74H142NO8P/c1-6-8-10-12-14-16-18-20-22-24-26-28-30-32-34-35-36-37-38-39-41-42-44-46-48-50-52-54-56-58-60-62-64-66-73(76)80-70-72(71-82-84(78,79)81-69-68-75(3,4)5)83-74(77)67-65-63-61-59-57-55-53-51-49-47-45-43-40-33-31-29-27-25-23-21-19-17-15-13-11-9-7-2/h19,21,25,27,31,33,72H,6-18,20,22-24,26,28-30,32,34-71H2,1-5H3/b21-19-,27-25-,33-31-. The summed E-state index contributed by atoms with van der Waals surface area (Å²) in [5, 5.41) is 0. The van der Waals surface area contributed by atoms with Crippen LogP contribution in [-0.2, 0) is 32.7 Å². The van der Waals surface area contributed by atoms with E-state index in [1.165, 1.54) is 289 Å². The van der Waals surface area contributed by atoms with Gasteiger partial charge >= 0.3 is 11.9 Å². The molecule has 0 rings (SSSR count). The first-order valence-electron chi connectivity index (χ1n) is 36.7. The Labute approximate surface area is 522 Å². The molecule has 0 aromatic rings. The molecular weight excluding hydrogens is 1060 g/mol. The summed E-state index contributed by atoms with van der Waals surface area (Å²) in [4.78, 5) is 38.1. The summed E-state index contributed by atoms with van der Waals surface area (Å²) in [6.45, 7) is 4.30. The quantitative estimate of drug-likeness (QED) is 0.0195. The first-order valence-corrected chi connectivity index (χ1v) is 38.2. The van der Waals surface area contributed by atoms with Gasteiger partial charge in [-0.3, -0.25) is 14.2 Å². The van der Waals surface area contributed by atoms with Crippen molar-refractivity contribution in [2.75, 3.05) is 47.5 Å². The van der Waals surface area contributed by atoms with Gasteiger partial charge in [0.1, 0.15) is 19.8 Å². The highest BCUT2D eigenvalue weighted by molar-refractivity contribution is 7.45. The van der Waals surface area contributed by atoms with Gasteiger partial charge in [-0.05, 0) is 51.4 Å². The van der Waals surface area contributed by atoms with Gasteiger partial charge in [-0.1, -0.05) is 346 Å². The Balaban J connectivity index is 3.97. The van der Waals surface area contributed by atoms with E-state index >= 15 is 0 Å². The topological polar surface area (TPSA) is 111 Å². The van der Waals surface area contributed by atoms with E-state index in [2.05, 4.69) is 50.3 Å². The van der Waals surface area contributed by atoms with E-state index in [1.54, 1.807) is 0 Å². The van der Waals surface area contributed by atoms with Crippen molar-refractivity contribution < 1.29 is 42.1 Å². The number of hydrogen-bond acceptors (Lipinski definition) is 8. The molecule has 0 spiro atoms. The number of phosphoric acid groups is 1. The van der Waals surface area contributed by atoms with E-state index in [1.807, 2.05) is 21.1 Å². The highest BCUT2D eigenvalue weighted by Crippen LogP contribution is 2.38. The van der Waals surface area contributed by atoms with Crippen molar-refractivity contribution >= 4 is 19.8 Å². The van der Waals surface area contributed by atoms with Crippen molar-refractivity contribution in [3.05, 3.63) is 36.5 Å². The van der Waals surface area contributed by atoms with Crippen molar-refractivity contribution in [1.82, 2.24) is 0 Å². The number of phosphoric ester groups is 1. The second kappa shape index (κ2) is 65.7. The third-order valence-electron chi connectivity index (χ3n) is 16.7. The Morgan fingerprint density at radius 2 is 0.643 bits per heavy atom. The summed E-state index contributed by atoms with van der Waals surface area (Å²) in [5.41, 5.74) is 0. The van der Waals surface area contributed by atoms with E-state index in [9.17, 15) is 19.0 Å². The number of carbonyl (C=O) groups is 2. The molecule has 0 aliphatic rings. The van der Waals surface area contributed by atoms with Gasteiger partial charge in [0.25, 0.3) is 7.82 Å². The second-order valence-corrected chi connectivity index (χ2v) is 27.7. The summed E-state index contributed by atoms with van der Waals surface area (Å²) in [7, 11) is 1.18. The fraction of sp³-hybridized carbons (Fsp3) is 0.892. The lowest BCUT2D eigenvalue weighted by Gasteiger charge is -2.28.